The fourth-order valence-electron chi connectivity index (χ4n) is 1.77. The molecule has 108 valence electrons. The normalized spacial score (nSPS) is 12.4. The number of hydrogen-bond acceptors (Lipinski definition) is 5. The molecule has 0 fully saturated rings. The Labute approximate surface area is 121 Å². The van der Waals surface area contributed by atoms with E-state index in [1.54, 1.807) is 0 Å². The molecule has 3 N–H and O–H groups in total. The van der Waals surface area contributed by atoms with Gasteiger partial charge in [0.05, 0.1) is 0 Å². The van der Waals surface area contributed by atoms with Gasteiger partial charge in [-0.15, -0.1) is 0 Å². The number of nitrogens with zero attached hydrogens (tertiary/aromatic N) is 2. The van der Waals surface area contributed by atoms with E-state index in [9.17, 15) is 0 Å². The van der Waals surface area contributed by atoms with Gasteiger partial charge >= 0.3 is 0 Å². The van der Waals surface area contributed by atoms with Crippen LogP contribution in [0.15, 0.2) is 0 Å². The third-order valence-corrected chi connectivity index (χ3v) is 3.92. The Balaban J connectivity index is 2.70. The number of thioether (sulfide) groups is 1. The van der Waals surface area contributed by atoms with Gasteiger partial charge in [0.15, 0.2) is 0 Å². The summed E-state index contributed by atoms with van der Waals surface area (Å²) in [6.07, 6.45) is 3.04. The standard InChI is InChI=1S/C14H26N4S/c1-5-7-12-17-13(15)11(4)14(18-12)16-10(3)8-9-19-6-2/h10H,5-9H2,1-4H3,(H3,15,16,17,18). The first-order valence-electron chi connectivity index (χ1n) is 7.05. The van der Waals surface area contributed by atoms with Crippen LogP contribution in [0.4, 0.5) is 11.6 Å². The molecule has 1 aromatic rings. The number of hydrogen-bond donors (Lipinski definition) is 2. The highest BCUT2D eigenvalue weighted by Gasteiger charge is 2.10. The summed E-state index contributed by atoms with van der Waals surface area (Å²) in [5.74, 6) is 4.67. The Morgan fingerprint density at radius 3 is 2.68 bits per heavy atom. The van der Waals surface area contributed by atoms with Crippen LogP contribution in [0.3, 0.4) is 0 Å². The summed E-state index contributed by atoms with van der Waals surface area (Å²) in [5, 5.41) is 3.46. The van der Waals surface area contributed by atoms with E-state index in [0.717, 1.165) is 36.5 Å². The number of anilines is 2. The Morgan fingerprint density at radius 1 is 1.32 bits per heavy atom. The van der Waals surface area contributed by atoms with Crippen molar-refractivity contribution in [2.24, 2.45) is 0 Å². The van der Waals surface area contributed by atoms with Crippen molar-refractivity contribution in [2.75, 3.05) is 22.6 Å². The molecule has 19 heavy (non-hydrogen) atoms. The molecule has 0 radical (unpaired) electrons. The van der Waals surface area contributed by atoms with Gasteiger partial charge < -0.3 is 11.1 Å². The van der Waals surface area contributed by atoms with Crippen molar-refractivity contribution in [3.05, 3.63) is 11.4 Å². The van der Waals surface area contributed by atoms with E-state index in [0.29, 0.717) is 11.9 Å². The second kappa shape index (κ2) is 8.25. The van der Waals surface area contributed by atoms with E-state index < -0.39 is 0 Å². The Morgan fingerprint density at radius 2 is 2.05 bits per heavy atom. The Bertz CT molecular complexity index is 395. The summed E-state index contributed by atoms with van der Waals surface area (Å²) >= 11 is 1.97. The van der Waals surface area contributed by atoms with Crippen LogP contribution in [0.25, 0.3) is 0 Å². The molecule has 0 aliphatic carbocycles. The van der Waals surface area contributed by atoms with Crippen LogP contribution in [-0.4, -0.2) is 27.5 Å². The average Bonchev–Trinajstić information content (AvgIpc) is 2.36. The molecule has 1 heterocycles. The quantitative estimate of drug-likeness (QED) is 0.717. The second-order valence-corrected chi connectivity index (χ2v) is 6.17. The predicted octanol–water partition coefficient (Wildman–Crippen LogP) is 3.26. The largest absolute Gasteiger partial charge is 0.383 e. The molecule has 0 saturated heterocycles. The van der Waals surface area contributed by atoms with Gasteiger partial charge in [0.1, 0.15) is 17.5 Å². The van der Waals surface area contributed by atoms with Crippen molar-refractivity contribution in [2.45, 2.75) is 53.0 Å². The predicted molar refractivity (Wildman–Crippen MR) is 85.9 cm³/mol. The van der Waals surface area contributed by atoms with E-state index in [4.69, 9.17) is 5.73 Å². The lowest BCUT2D eigenvalue weighted by molar-refractivity contribution is 0.757. The molecule has 0 aliphatic rings. The first-order valence-corrected chi connectivity index (χ1v) is 8.21. The molecule has 0 aliphatic heterocycles. The topological polar surface area (TPSA) is 63.8 Å². The molecule has 0 saturated carbocycles. The lowest BCUT2D eigenvalue weighted by Crippen LogP contribution is -2.19. The highest BCUT2D eigenvalue weighted by atomic mass is 32.2. The van der Waals surface area contributed by atoms with Crippen LogP contribution in [-0.2, 0) is 6.42 Å². The highest BCUT2D eigenvalue weighted by molar-refractivity contribution is 7.99. The van der Waals surface area contributed by atoms with Crippen molar-refractivity contribution >= 4 is 23.4 Å². The molecule has 4 nitrogen and oxygen atoms in total. The minimum Gasteiger partial charge on any atom is -0.383 e. The molecule has 0 spiro atoms. The highest BCUT2D eigenvalue weighted by Crippen LogP contribution is 2.19. The molecular weight excluding hydrogens is 256 g/mol. The maximum absolute atomic E-state index is 5.95. The lowest BCUT2D eigenvalue weighted by Gasteiger charge is -2.17. The van der Waals surface area contributed by atoms with Gasteiger partial charge in [0, 0.05) is 18.0 Å². The summed E-state index contributed by atoms with van der Waals surface area (Å²) < 4.78 is 0. The number of aryl methyl sites for hydroxylation is 1. The smallest absolute Gasteiger partial charge is 0.134 e. The number of aromatic nitrogens is 2. The van der Waals surface area contributed by atoms with Crippen LogP contribution in [0.1, 0.15) is 45.0 Å². The van der Waals surface area contributed by atoms with Crippen molar-refractivity contribution < 1.29 is 0 Å². The molecule has 5 heteroatoms. The van der Waals surface area contributed by atoms with Gasteiger partial charge in [0.25, 0.3) is 0 Å². The first kappa shape index (κ1) is 16.1. The molecule has 0 bridgehead atoms. The van der Waals surface area contributed by atoms with Gasteiger partial charge in [-0.3, -0.25) is 0 Å². The zero-order chi connectivity index (χ0) is 14.3. The Kier molecular flexibility index (Phi) is 6.99. The van der Waals surface area contributed by atoms with E-state index >= 15 is 0 Å². The van der Waals surface area contributed by atoms with Gasteiger partial charge in [-0.1, -0.05) is 13.8 Å². The number of nitrogen functional groups attached to an aromatic ring is 1. The molecule has 1 unspecified atom stereocenters. The second-order valence-electron chi connectivity index (χ2n) is 4.78. The van der Waals surface area contributed by atoms with E-state index in [1.807, 2.05) is 18.7 Å². The molecule has 1 rings (SSSR count). The fraction of sp³-hybridized carbons (Fsp3) is 0.714. The molecule has 1 aromatic heterocycles. The van der Waals surface area contributed by atoms with Gasteiger partial charge in [0.2, 0.25) is 0 Å². The van der Waals surface area contributed by atoms with Crippen molar-refractivity contribution in [3.8, 4) is 0 Å². The van der Waals surface area contributed by atoms with Crippen LogP contribution in [0, 0.1) is 6.92 Å². The van der Waals surface area contributed by atoms with Crippen molar-refractivity contribution in [3.63, 3.8) is 0 Å². The number of rotatable bonds is 8. The van der Waals surface area contributed by atoms with Crippen LogP contribution in [0.2, 0.25) is 0 Å². The minimum atomic E-state index is 0.404. The van der Waals surface area contributed by atoms with E-state index in [1.165, 1.54) is 11.5 Å². The van der Waals surface area contributed by atoms with Gasteiger partial charge in [-0.25, -0.2) is 9.97 Å². The zero-order valence-corrected chi connectivity index (χ0v) is 13.3. The van der Waals surface area contributed by atoms with Crippen LogP contribution >= 0.6 is 11.8 Å². The summed E-state index contributed by atoms with van der Waals surface area (Å²) in [6, 6.07) is 0.404. The summed E-state index contributed by atoms with van der Waals surface area (Å²) in [7, 11) is 0. The molecule has 1 atom stereocenters. The van der Waals surface area contributed by atoms with Crippen LogP contribution in [0.5, 0.6) is 0 Å². The molecule has 0 aromatic carbocycles. The fourth-order valence-corrected chi connectivity index (χ4v) is 2.58. The van der Waals surface area contributed by atoms with E-state index in [2.05, 4.69) is 36.1 Å². The molecular formula is C14H26N4S. The SMILES string of the molecule is CCCc1nc(N)c(C)c(NC(C)CCSCC)n1. The monoisotopic (exact) mass is 282 g/mol. The third kappa shape index (κ3) is 5.27. The lowest BCUT2D eigenvalue weighted by atomic mass is 10.2. The summed E-state index contributed by atoms with van der Waals surface area (Å²) in [6.45, 7) is 8.47. The third-order valence-electron chi connectivity index (χ3n) is 2.99. The molecule has 0 amide bonds. The van der Waals surface area contributed by atoms with Gasteiger partial charge in [-0.05, 0) is 38.2 Å². The average molecular weight is 282 g/mol. The van der Waals surface area contributed by atoms with Crippen LogP contribution < -0.4 is 11.1 Å². The number of nitrogens with one attached hydrogen (secondary N) is 1. The van der Waals surface area contributed by atoms with Crippen molar-refractivity contribution in [1.82, 2.24) is 9.97 Å². The first-order chi connectivity index (χ1) is 9.08. The maximum atomic E-state index is 5.95. The van der Waals surface area contributed by atoms with E-state index in [-0.39, 0.29) is 0 Å². The maximum Gasteiger partial charge on any atom is 0.134 e. The summed E-state index contributed by atoms with van der Waals surface area (Å²) in [4.78, 5) is 8.91. The zero-order valence-electron chi connectivity index (χ0n) is 12.5. The van der Waals surface area contributed by atoms with Crippen molar-refractivity contribution in [1.29, 1.82) is 0 Å². The summed E-state index contributed by atoms with van der Waals surface area (Å²) in [5.41, 5.74) is 6.91. The van der Waals surface area contributed by atoms with Gasteiger partial charge in [-0.2, -0.15) is 11.8 Å². The minimum absolute atomic E-state index is 0.404. The number of nitrogens with two attached hydrogens (primary N) is 1. The Hall–Kier alpha value is -0.970.